The molecule has 27 heavy (non-hydrogen) atoms. The molecule has 2 atom stereocenters. The quantitative estimate of drug-likeness (QED) is 0.780. The maximum absolute atomic E-state index is 12.4. The summed E-state index contributed by atoms with van der Waals surface area (Å²) < 4.78 is 5.24. The number of ether oxygens (including phenoxy) is 1. The predicted molar refractivity (Wildman–Crippen MR) is 96.9 cm³/mol. The van der Waals surface area contributed by atoms with Gasteiger partial charge in [-0.25, -0.2) is 4.79 Å². The molecule has 2 heterocycles. The molecule has 144 valence electrons. The molecule has 2 saturated heterocycles. The smallest absolute Gasteiger partial charge is 0.324 e. The third-order valence-corrected chi connectivity index (χ3v) is 4.88. The van der Waals surface area contributed by atoms with Gasteiger partial charge in [-0.15, -0.1) is 0 Å². The van der Waals surface area contributed by atoms with Crippen LogP contribution in [0.1, 0.15) is 25.8 Å². The lowest BCUT2D eigenvalue weighted by atomic mass is 10.1. The first-order valence-corrected chi connectivity index (χ1v) is 9.09. The van der Waals surface area contributed by atoms with Gasteiger partial charge in [0, 0.05) is 31.7 Å². The van der Waals surface area contributed by atoms with Gasteiger partial charge in [-0.3, -0.25) is 19.3 Å². The number of nitrogens with zero attached hydrogens (tertiary/aromatic N) is 2. The van der Waals surface area contributed by atoms with Crippen LogP contribution in [-0.4, -0.2) is 54.5 Å². The summed E-state index contributed by atoms with van der Waals surface area (Å²) in [6.45, 7) is 4.34. The van der Waals surface area contributed by atoms with Crippen molar-refractivity contribution in [1.29, 1.82) is 0 Å². The summed E-state index contributed by atoms with van der Waals surface area (Å²) >= 11 is 0. The molecule has 1 N–H and O–H groups in total. The van der Waals surface area contributed by atoms with Crippen LogP contribution in [0.5, 0.6) is 0 Å². The fraction of sp³-hybridized carbons (Fsp3) is 0.474. The zero-order valence-electron chi connectivity index (χ0n) is 15.4. The van der Waals surface area contributed by atoms with Crippen molar-refractivity contribution in [2.24, 2.45) is 5.92 Å². The summed E-state index contributed by atoms with van der Waals surface area (Å²) in [4.78, 5) is 51.1. The molecule has 2 unspecified atom stereocenters. The summed E-state index contributed by atoms with van der Waals surface area (Å²) in [6.07, 6.45) is -0.127. The Morgan fingerprint density at radius 2 is 1.96 bits per heavy atom. The zero-order valence-corrected chi connectivity index (χ0v) is 15.4. The average molecular weight is 373 g/mol. The van der Waals surface area contributed by atoms with Gasteiger partial charge in [-0.2, -0.15) is 0 Å². The summed E-state index contributed by atoms with van der Waals surface area (Å²) in [7, 11) is 0. The van der Waals surface area contributed by atoms with Crippen molar-refractivity contribution in [3.63, 3.8) is 0 Å². The van der Waals surface area contributed by atoms with Crippen LogP contribution >= 0.6 is 0 Å². The number of anilines is 1. The summed E-state index contributed by atoms with van der Waals surface area (Å²) in [5, 5.41) is 2.53. The number of aryl methyl sites for hydroxylation is 1. The van der Waals surface area contributed by atoms with E-state index in [9.17, 15) is 19.2 Å². The van der Waals surface area contributed by atoms with Crippen LogP contribution < -0.4 is 10.2 Å². The highest BCUT2D eigenvalue weighted by atomic mass is 16.5. The Kier molecular flexibility index (Phi) is 5.43. The first-order chi connectivity index (χ1) is 12.9. The summed E-state index contributed by atoms with van der Waals surface area (Å²) in [5.41, 5.74) is 1.91. The predicted octanol–water partition coefficient (Wildman–Crippen LogP) is 1.09. The van der Waals surface area contributed by atoms with Crippen LogP contribution in [0.3, 0.4) is 0 Å². The van der Waals surface area contributed by atoms with Crippen LogP contribution in [0, 0.1) is 5.92 Å². The van der Waals surface area contributed by atoms with E-state index in [4.69, 9.17) is 4.74 Å². The van der Waals surface area contributed by atoms with Gasteiger partial charge in [0.2, 0.25) is 5.91 Å². The number of urea groups is 1. The van der Waals surface area contributed by atoms with Gasteiger partial charge in [0.15, 0.2) is 6.10 Å². The largest absolute Gasteiger partial charge is 0.452 e. The molecule has 0 spiro atoms. The Balaban J connectivity index is 1.59. The highest BCUT2D eigenvalue weighted by molar-refractivity contribution is 6.01. The minimum Gasteiger partial charge on any atom is -0.452 e. The Bertz CT molecular complexity index is 761. The fourth-order valence-corrected chi connectivity index (χ4v) is 3.25. The second-order valence-corrected chi connectivity index (χ2v) is 6.73. The first-order valence-electron chi connectivity index (χ1n) is 9.09. The van der Waals surface area contributed by atoms with Gasteiger partial charge < -0.3 is 15.0 Å². The minimum atomic E-state index is -1.07. The second kappa shape index (κ2) is 7.77. The summed E-state index contributed by atoms with van der Waals surface area (Å²) in [6, 6.07) is 7.15. The maximum Gasteiger partial charge on any atom is 0.324 e. The minimum absolute atomic E-state index is 0.0411. The topological polar surface area (TPSA) is 96.0 Å². The second-order valence-electron chi connectivity index (χ2n) is 6.73. The van der Waals surface area contributed by atoms with Crippen molar-refractivity contribution < 1.29 is 23.9 Å². The van der Waals surface area contributed by atoms with E-state index in [2.05, 4.69) is 12.2 Å². The Morgan fingerprint density at radius 1 is 1.26 bits per heavy atom. The van der Waals surface area contributed by atoms with Crippen LogP contribution in [0.4, 0.5) is 10.5 Å². The van der Waals surface area contributed by atoms with Crippen molar-refractivity contribution in [3.05, 3.63) is 29.8 Å². The van der Waals surface area contributed by atoms with Crippen LogP contribution in [-0.2, 0) is 25.5 Å². The van der Waals surface area contributed by atoms with Crippen molar-refractivity contribution in [1.82, 2.24) is 10.2 Å². The molecule has 0 aliphatic carbocycles. The lowest BCUT2D eigenvalue weighted by molar-refractivity contribution is -0.160. The van der Waals surface area contributed by atoms with E-state index in [-0.39, 0.29) is 25.4 Å². The molecule has 2 fully saturated rings. The number of esters is 1. The van der Waals surface area contributed by atoms with E-state index >= 15 is 0 Å². The molecule has 2 aliphatic rings. The SMILES string of the molecule is CCc1ccc(N2CC(C(=O)OC(C)C(=O)N3CCNC3=O)CC2=O)cc1. The molecular weight excluding hydrogens is 350 g/mol. The number of nitrogens with one attached hydrogen (secondary N) is 1. The van der Waals surface area contributed by atoms with Crippen molar-refractivity contribution in [2.75, 3.05) is 24.5 Å². The van der Waals surface area contributed by atoms with E-state index in [0.29, 0.717) is 6.54 Å². The number of benzene rings is 1. The highest BCUT2D eigenvalue weighted by Crippen LogP contribution is 2.26. The van der Waals surface area contributed by atoms with Gasteiger partial charge in [0.25, 0.3) is 5.91 Å². The van der Waals surface area contributed by atoms with E-state index in [1.54, 1.807) is 4.90 Å². The van der Waals surface area contributed by atoms with E-state index in [1.165, 1.54) is 12.5 Å². The van der Waals surface area contributed by atoms with Gasteiger partial charge in [-0.05, 0) is 31.0 Å². The van der Waals surface area contributed by atoms with Crippen molar-refractivity contribution >= 4 is 29.5 Å². The van der Waals surface area contributed by atoms with Gasteiger partial charge in [0.05, 0.1) is 5.92 Å². The lowest BCUT2D eigenvalue weighted by Gasteiger charge is -2.20. The standard InChI is InChI=1S/C19H23N3O5/c1-3-13-4-6-15(7-5-13)22-11-14(10-16(22)23)18(25)27-12(2)17(24)21-9-8-20-19(21)26/h4-7,12,14H,3,8-11H2,1-2H3,(H,20,26). The molecule has 4 amide bonds. The van der Waals surface area contributed by atoms with Crippen molar-refractivity contribution in [3.8, 4) is 0 Å². The van der Waals surface area contributed by atoms with Gasteiger partial charge in [-0.1, -0.05) is 19.1 Å². The molecule has 0 aromatic heterocycles. The Labute approximate surface area is 157 Å². The molecule has 8 heteroatoms. The fourth-order valence-electron chi connectivity index (χ4n) is 3.25. The highest BCUT2D eigenvalue weighted by Gasteiger charge is 2.38. The number of hydrogen-bond acceptors (Lipinski definition) is 5. The molecule has 1 aromatic carbocycles. The third-order valence-electron chi connectivity index (χ3n) is 4.88. The number of rotatable bonds is 5. The third kappa shape index (κ3) is 3.94. The molecular formula is C19H23N3O5. The maximum atomic E-state index is 12.4. The zero-order chi connectivity index (χ0) is 19.6. The number of amides is 4. The number of carbonyl (C=O) groups excluding carboxylic acids is 4. The van der Waals surface area contributed by atoms with E-state index < -0.39 is 29.9 Å². The van der Waals surface area contributed by atoms with E-state index in [0.717, 1.165) is 17.0 Å². The number of hydrogen-bond donors (Lipinski definition) is 1. The monoisotopic (exact) mass is 373 g/mol. The molecule has 8 nitrogen and oxygen atoms in total. The van der Waals surface area contributed by atoms with E-state index in [1.807, 2.05) is 24.3 Å². The lowest BCUT2D eigenvalue weighted by Crippen LogP contribution is -2.42. The number of carbonyl (C=O) groups is 4. The van der Waals surface area contributed by atoms with Crippen molar-refractivity contribution in [2.45, 2.75) is 32.8 Å². The molecule has 0 bridgehead atoms. The molecule has 3 rings (SSSR count). The average Bonchev–Trinajstić information content (AvgIpc) is 3.26. The molecule has 2 aliphatic heterocycles. The first kappa shape index (κ1) is 18.9. The van der Waals surface area contributed by atoms with Crippen LogP contribution in [0.25, 0.3) is 0 Å². The van der Waals surface area contributed by atoms with Crippen LogP contribution in [0.2, 0.25) is 0 Å². The Hall–Kier alpha value is -2.90. The van der Waals surface area contributed by atoms with Crippen LogP contribution in [0.15, 0.2) is 24.3 Å². The number of imide groups is 1. The normalized spacial score (nSPS) is 20.6. The van der Waals surface area contributed by atoms with Gasteiger partial charge >= 0.3 is 12.0 Å². The van der Waals surface area contributed by atoms with Gasteiger partial charge in [0.1, 0.15) is 0 Å². The molecule has 1 aromatic rings. The molecule has 0 radical (unpaired) electrons. The molecule has 0 saturated carbocycles. The Morgan fingerprint density at radius 3 is 2.56 bits per heavy atom. The summed E-state index contributed by atoms with van der Waals surface area (Å²) in [5.74, 6) is -1.95.